The molecule has 0 aliphatic carbocycles. The number of aromatic nitrogens is 3. The van der Waals surface area contributed by atoms with Gasteiger partial charge in [0.15, 0.2) is 5.65 Å². The number of rotatable bonds is 3. The molecule has 0 bridgehead atoms. The highest BCUT2D eigenvalue weighted by atomic mass is 15.0. The molecular weight excluding hydrogens is 296 g/mol. The summed E-state index contributed by atoms with van der Waals surface area (Å²) in [5.41, 5.74) is 5.50. The van der Waals surface area contributed by atoms with Crippen LogP contribution in [0.1, 0.15) is 5.56 Å². The molecule has 116 valence electrons. The molecule has 0 atom stereocenters. The Morgan fingerprint density at radius 2 is 1.58 bits per heavy atom. The van der Waals surface area contributed by atoms with Crippen LogP contribution in [-0.2, 0) is 0 Å². The van der Waals surface area contributed by atoms with Gasteiger partial charge in [0.1, 0.15) is 11.3 Å². The van der Waals surface area contributed by atoms with Crippen molar-refractivity contribution in [2.75, 3.05) is 5.32 Å². The number of anilines is 2. The van der Waals surface area contributed by atoms with Crippen molar-refractivity contribution in [3.63, 3.8) is 0 Å². The minimum Gasteiger partial charge on any atom is -0.340 e. The van der Waals surface area contributed by atoms with E-state index < -0.39 is 0 Å². The lowest BCUT2D eigenvalue weighted by Gasteiger charge is -2.07. The van der Waals surface area contributed by atoms with E-state index in [2.05, 4.69) is 39.3 Å². The van der Waals surface area contributed by atoms with Gasteiger partial charge in [-0.1, -0.05) is 48.0 Å². The zero-order valence-electron chi connectivity index (χ0n) is 13.3. The lowest BCUT2D eigenvalue weighted by atomic mass is 10.2. The molecule has 2 aromatic carbocycles. The van der Waals surface area contributed by atoms with Crippen molar-refractivity contribution in [2.24, 2.45) is 0 Å². The molecular formula is C20H16N4. The number of benzene rings is 2. The predicted molar refractivity (Wildman–Crippen MR) is 97.2 cm³/mol. The standard InChI is InChI=1S/C20H16N4/c1-14-7-9-16(10-8-14)22-19-12-11-17-20(24-19)23-18(13-21-17)15-5-3-2-4-6-15/h2-13H,1H3,(H,22,23,24). The Balaban J connectivity index is 1.69. The third-order valence-corrected chi connectivity index (χ3v) is 3.80. The minimum absolute atomic E-state index is 0.633. The van der Waals surface area contributed by atoms with Gasteiger partial charge in [-0.3, -0.25) is 4.98 Å². The van der Waals surface area contributed by atoms with E-state index in [0.717, 1.165) is 28.3 Å². The Morgan fingerprint density at radius 1 is 0.792 bits per heavy atom. The fourth-order valence-electron chi connectivity index (χ4n) is 2.50. The lowest BCUT2D eigenvalue weighted by Crippen LogP contribution is -1.96. The molecule has 0 saturated carbocycles. The summed E-state index contributed by atoms with van der Waals surface area (Å²) >= 11 is 0. The van der Waals surface area contributed by atoms with Crippen molar-refractivity contribution in [1.82, 2.24) is 15.0 Å². The first-order valence-electron chi connectivity index (χ1n) is 7.81. The van der Waals surface area contributed by atoms with Gasteiger partial charge in [-0.15, -0.1) is 0 Å². The van der Waals surface area contributed by atoms with Crippen LogP contribution >= 0.6 is 0 Å². The van der Waals surface area contributed by atoms with Gasteiger partial charge in [-0.25, -0.2) is 9.97 Å². The second kappa shape index (κ2) is 6.08. The fourth-order valence-corrected chi connectivity index (χ4v) is 2.50. The molecule has 0 fully saturated rings. The fraction of sp³-hybridized carbons (Fsp3) is 0.0500. The van der Waals surface area contributed by atoms with Gasteiger partial charge in [0, 0.05) is 11.3 Å². The van der Waals surface area contributed by atoms with Crippen LogP contribution in [0.2, 0.25) is 0 Å². The highest BCUT2D eigenvalue weighted by Crippen LogP contribution is 2.20. The van der Waals surface area contributed by atoms with E-state index >= 15 is 0 Å². The van der Waals surface area contributed by atoms with E-state index in [1.165, 1.54) is 5.56 Å². The van der Waals surface area contributed by atoms with Gasteiger partial charge in [0.2, 0.25) is 0 Å². The van der Waals surface area contributed by atoms with Crippen LogP contribution in [0.5, 0.6) is 0 Å². The van der Waals surface area contributed by atoms with E-state index in [1.807, 2.05) is 54.6 Å². The largest absolute Gasteiger partial charge is 0.340 e. The Kier molecular flexibility index (Phi) is 3.63. The number of pyridine rings is 1. The molecule has 4 nitrogen and oxygen atoms in total. The summed E-state index contributed by atoms with van der Waals surface area (Å²) in [6, 6.07) is 22.1. The van der Waals surface area contributed by atoms with E-state index in [-0.39, 0.29) is 0 Å². The van der Waals surface area contributed by atoms with Gasteiger partial charge in [0.25, 0.3) is 0 Å². The van der Waals surface area contributed by atoms with Crippen LogP contribution in [0.25, 0.3) is 22.4 Å². The Hall–Kier alpha value is -3.27. The average Bonchev–Trinajstić information content (AvgIpc) is 2.64. The number of hydrogen-bond acceptors (Lipinski definition) is 4. The van der Waals surface area contributed by atoms with E-state index in [9.17, 15) is 0 Å². The number of aryl methyl sites for hydroxylation is 1. The zero-order chi connectivity index (χ0) is 16.4. The monoisotopic (exact) mass is 312 g/mol. The second-order valence-electron chi connectivity index (χ2n) is 5.65. The van der Waals surface area contributed by atoms with Crippen molar-refractivity contribution in [3.8, 4) is 11.3 Å². The first kappa shape index (κ1) is 14.3. The SMILES string of the molecule is Cc1ccc(Nc2ccc3ncc(-c4ccccc4)nc3n2)cc1. The van der Waals surface area contributed by atoms with Crippen LogP contribution in [0.4, 0.5) is 11.5 Å². The number of nitrogens with one attached hydrogen (secondary N) is 1. The highest BCUT2D eigenvalue weighted by molar-refractivity contribution is 5.76. The molecule has 4 heteroatoms. The van der Waals surface area contributed by atoms with Crippen molar-refractivity contribution >= 4 is 22.7 Å². The highest BCUT2D eigenvalue weighted by Gasteiger charge is 2.05. The molecule has 0 radical (unpaired) electrons. The molecule has 0 amide bonds. The number of fused-ring (bicyclic) bond motifs is 1. The molecule has 4 rings (SSSR count). The number of hydrogen-bond donors (Lipinski definition) is 1. The van der Waals surface area contributed by atoms with Gasteiger partial charge in [0.05, 0.1) is 11.9 Å². The first-order valence-corrected chi connectivity index (χ1v) is 7.81. The van der Waals surface area contributed by atoms with E-state index in [0.29, 0.717) is 5.65 Å². The van der Waals surface area contributed by atoms with Gasteiger partial charge >= 0.3 is 0 Å². The third-order valence-electron chi connectivity index (χ3n) is 3.80. The van der Waals surface area contributed by atoms with Crippen LogP contribution in [-0.4, -0.2) is 15.0 Å². The Bertz CT molecular complexity index is 979. The average molecular weight is 312 g/mol. The summed E-state index contributed by atoms with van der Waals surface area (Å²) < 4.78 is 0. The summed E-state index contributed by atoms with van der Waals surface area (Å²) in [6.07, 6.45) is 1.78. The zero-order valence-corrected chi connectivity index (χ0v) is 13.3. The Labute approximate surface area is 140 Å². The Morgan fingerprint density at radius 3 is 2.38 bits per heavy atom. The lowest BCUT2D eigenvalue weighted by molar-refractivity contribution is 1.22. The summed E-state index contributed by atoms with van der Waals surface area (Å²) in [6.45, 7) is 2.07. The van der Waals surface area contributed by atoms with E-state index in [4.69, 9.17) is 0 Å². The molecule has 0 aliphatic rings. The third kappa shape index (κ3) is 2.94. The smallest absolute Gasteiger partial charge is 0.180 e. The van der Waals surface area contributed by atoms with Gasteiger partial charge in [-0.05, 0) is 31.2 Å². The summed E-state index contributed by atoms with van der Waals surface area (Å²) in [5.74, 6) is 0.755. The first-order chi connectivity index (χ1) is 11.8. The van der Waals surface area contributed by atoms with Crippen LogP contribution in [0, 0.1) is 6.92 Å². The molecule has 4 aromatic rings. The second-order valence-corrected chi connectivity index (χ2v) is 5.65. The van der Waals surface area contributed by atoms with Gasteiger partial charge < -0.3 is 5.32 Å². The van der Waals surface area contributed by atoms with Crippen LogP contribution in [0.15, 0.2) is 72.9 Å². The van der Waals surface area contributed by atoms with Crippen LogP contribution < -0.4 is 5.32 Å². The summed E-state index contributed by atoms with van der Waals surface area (Å²) in [7, 11) is 0. The number of nitrogens with zero attached hydrogens (tertiary/aromatic N) is 3. The molecule has 0 spiro atoms. The maximum absolute atomic E-state index is 4.65. The van der Waals surface area contributed by atoms with Gasteiger partial charge in [-0.2, -0.15) is 0 Å². The van der Waals surface area contributed by atoms with Crippen molar-refractivity contribution in [3.05, 3.63) is 78.5 Å². The molecule has 0 aliphatic heterocycles. The van der Waals surface area contributed by atoms with Crippen molar-refractivity contribution < 1.29 is 0 Å². The topological polar surface area (TPSA) is 50.7 Å². The maximum Gasteiger partial charge on any atom is 0.180 e. The van der Waals surface area contributed by atoms with Crippen LogP contribution in [0.3, 0.4) is 0 Å². The van der Waals surface area contributed by atoms with E-state index in [1.54, 1.807) is 6.20 Å². The normalized spacial score (nSPS) is 10.7. The predicted octanol–water partition coefficient (Wildman–Crippen LogP) is 4.74. The molecule has 1 N–H and O–H groups in total. The molecule has 2 heterocycles. The molecule has 24 heavy (non-hydrogen) atoms. The molecule has 2 aromatic heterocycles. The summed E-state index contributed by atoms with van der Waals surface area (Å²) in [5, 5.41) is 3.30. The van der Waals surface area contributed by atoms with Crippen molar-refractivity contribution in [1.29, 1.82) is 0 Å². The minimum atomic E-state index is 0.633. The quantitative estimate of drug-likeness (QED) is 0.593. The summed E-state index contributed by atoms with van der Waals surface area (Å²) in [4.78, 5) is 13.7. The molecule has 0 saturated heterocycles. The molecule has 0 unspecified atom stereocenters. The maximum atomic E-state index is 4.65. The van der Waals surface area contributed by atoms with Crippen molar-refractivity contribution in [2.45, 2.75) is 6.92 Å².